The molecule has 1 aliphatic carbocycles. The highest BCUT2D eigenvalue weighted by atomic mass is 35.5. The van der Waals surface area contributed by atoms with Gasteiger partial charge in [-0.3, -0.25) is 4.79 Å². The minimum Gasteiger partial charge on any atom is -0.339 e. The van der Waals surface area contributed by atoms with Gasteiger partial charge in [0.1, 0.15) is 0 Å². The van der Waals surface area contributed by atoms with Crippen LogP contribution in [-0.2, 0) is 10.3 Å². The lowest BCUT2D eigenvalue weighted by Gasteiger charge is -2.34. The number of aromatic nitrogens is 2. The van der Waals surface area contributed by atoms with Crippen LogP contribution in [0.15, 0.2) is 22.7 Å². The summed E-state index contributed by atoms with van der Waals surface area (Å²) in [7, 11) is 0. The Hall–Kier alpha value is -1.92. The lowest BCUT2D eigenvalue weighted by Crippen LogP contribution is -2.44. The molecule has 0 bridgehead atoms. The summed E-state index contributed by atoms with van der Waals surface area (Å²) < 4.78 is 5.44. The Balaban J connectivity index is 0.00000182. The molecule has 134 valence electrons. The molecule has 2 aromatic rings. The SMILES string of the molecule is Cc1cccc(N2CC(c3nc(C4(N)CCC4)no3)CC2=O)c1C.Cl. The smallest absolute Gasteiger partial charge is 0.232 e. The van der Waals surface area contributed by atoms with Gasteiger partial charge in [-0.15, -0.1) is 12.4 Å². The van der Waals surface area contributed by atoms with Crippen LogP contribution in [0.25, 0.3) is 0 Å². The van der Waals surface area contributed by atoms with E-state index in [1.165, 1.54) is 5.56 Å². The monoisotopic (exact) mass is 362 g/mol. The molecule has 6 nitrogen and oxygen atoms in total. The topological polar surface area (TPSA) is 85.2 Å². The Morgan fingerprint density at radius 1 is 1.32 bits per heavy atom. The number of rotatable bonds is 3. The number of nitrogens with two attached hydrogens (primary N) is 1. The lowest BCUT2D eigenvalue weighted by atomic mass is 9.77. The Labute approximate surface area is 153 Å². The predicted octanol–water partition coefficient (Wildman–Crippen LogP) is 2.97. The van der Waals surface area contributed by atoms with Gasteiger partial charge in [0.05, 0.1) is 11.5 Å². The molecule has 1 aliphatic heterocycles. The first-order valence-electron chi connectivity index (χ1n) is 8.47. The van der Waals surface area contributed by atoms with Crippen molar-refractivity contribution < 1.29 is 9.32 Å². The maximum absolute atomic E-state index is 12.5. The van der Waals surface area contributed by atoms with Crippen molar-refractivity contribution in [3.05, 3.63) is 41.0 Å². The number of hydrogen-bond acceptors (Lipinski definition) is 5. The van der Waals surface area contributed by atoms with E-state index >= 15 is 0 Å². The number of nitrogens with zero attached hydrogens (tertiary/aromatic N) is 3. The Bertz CT molecular complexity index is 800. The summed E-state index contributed by atoms with van der Waals surface area (Å²) in [6, 6.07) is 6.03. The van der Waals surface area contributed by atoms with E-state index in [1.54, 1.807) is 0 Å². The average Bonchev–Trinajstić information content (AvgIpc) is 3.15. The molecule has 4 rings (SSSR count). The number of halogens is 1. The van der Waals surface area contributed by atoms with E-state index in [9.17, 15) is 4.79 Å². The van der Waals surface area contributed by atoms with Gasteiger partial charge in [0.15, 0.2) is 5.82 Å². The molecule has 1 saturated heterocycles. The molecule has 2 heterocycles. The number of carbonyl (C=O) groups excluding carboxylic acids is 1. The number of carbonyl (C=O) groups is 1. The van der Waals surface area contributed by atoms with Gasteiger partial charge < -0.3 is 15.2 Å². The molecule has 7 heteroatoms. The Morgan fingerprint density at radius 3 is 2.76 bits per heavy atom. The van der Waals surface area contributed by atoms with E-state index in [4.69, 9.17) is 10.3 Å². The van der Waals surface area contributed by atoms with Gasteiger partial charge in [0, 0.05) is 18.7 Å². The van der Waals surface area contributed by atoms with Crippen molar-refractivity contribution in [3.8, 4) is 0 Å². The summed E-state index contributed by atoms with van der Waals surface area (Å²) in [6.45, 7) is 4.67. The number of anilines is 1. The predicted molar refractivity (Wildman–Crippen MR) is 96.9 cm³/mol. The van der Waals surface area contributed by atoms with E-state index in [0.29, 0.717) is 24.7 Å². The zero-order valence-corrected chi connectivity index (χ0v) is 15.3. The van der Waals surface area contributed by atoms with Crippen molar-refractivity contribution in [1.82, 2.24) is 10.1 Å². The van der Waals surface area contributed by atoms with Crippen LogP contribution < -0.4 is 10.6 Å². The van der Waals surface area contributed by atoms with Gasteiger partial charge in [-0.1, -0.05) is 17.3 Å². The summed E-state index contributed by atoms with van der Waals surface area (Å²) in [5.74, 6) is 1.14. The third-order valence-electron chi connectivity index (χ3n) is 5.47. The summed E-state index contributed by atoms with van der Waals surface area (Å²) >= 11 is 0. The van der Waals surface area contributed by atoms with E-state index in [1.807, 2.05) is 24.0 Å². The van der Waals surface area contributed by atoms with E-state index < -0.39 is 5.54 Å². The number of aryl methyl sites for hydroxylation is 1. The fourth-order valence-corrected chi connectivity index (χ4v) is 3.52. The molecule has 1 aromatic heterocycles. The van der Waals surface area contributed by atoms with Crippen molar-refractivity contribution in [2.75, 3.05) is 11.4 Å². The molecule has 25 heavy (non-hydrogen) atoms. The summed E-state index contributed by atoms with van der Waals surface area (Å²) in [4.78, 5) is 18.8. The van der Waals surface area contributed by atoms with Crippen LogP contribution in [0, 0.1) is 13.8 Å². The van der Waals surface area contributed by atoms with Crippen molar-refractivity contribution >= 4 is 24.0 Å². The Morgan fingerprint density at radius 2 is 2.08 bits per heavy atom. The van der Waals surface area contributed by atoms with Gasteiger partial charge in [-0.2, -0.15) is 4.98 Å². The fourth-order valence-electron chi connectivity index (χ4n) is 3.52. The zero-order valence-electron chi connectivity index (χ0n) is 14.5. The van der Waals surface area contributed by atoms with Gasteiger partial charge >= 0.3 is 0 Å². The number of hydrogen-bond donors (Lipinski definition) is 1. The van der Waals surface area contributed by atoms with Gasteiger partial charge in [-0.05, 0) is 50.3 Å². The first-order valence-corrected chi connectivity index (χ1v) is 8.47. The number of benzene rings is 1. The van der Waals surface area contributed by atoms with Crippen molar-refractivity contribution in [1.29, 1.82) is 0 Å². The van der Waals surface area contributed by atoms with E-state index in [-0.39, 0.29) is 24.2 Å². The maximum Gasteiger partial charge on any atom is 0.232 e. The molecule has 2 fully saturated rings. The van der Waals surface area contributed by atoms with Gasteiger partial charge in [-0.25, -0.2) is 0 Å². The molecule has 2 N–H and O–H groups in total. The van der Waals surface area contributed by atoms with Crippen LogP contribution in [0.5, 0.6) is 0 Å². The highest BCUT2D eigenvalue weighted by molar-refractivity contribution is 5.97. The number of amides is 1. The van der Waals surface area contributed by atoms with Crippen molar-refractivity contribution in [2.24, 2.45) is 5.73 Å². The largest absolute Gasteiger partial charge is 0.339 e. The molecule has 0 spiro atoms. The van der Waals surface area contributed by atoms with E-state index in [0.717, 1.165) is 30.5 Å². The van der Waals surface area contributed by atoms with Crippen LogP contribution in [-0.4, -0.2) is 22.6 Å². The van der Waals surface area contributed by atoms with Crippen LogP contribution in [0.1, 0.15) is 54.4 Å². The van der Waals surface area contributed by atoms with Crippen LogP contribution in [0.3, 0.4) is 0 Å². The summed E-state index contributed by atoms with van der Waals surface area (Å²) in [5, 5.41) is 4.07. The van der Waals surface area contributed by atoms with Crippen LogP contribution in [0.4, 0.5) is 5.69 Å². The summed E-state index contributed by atoms with van der Waals surface area (Å²) in [5.41, 5.74) is 9.10. The highest BCUT2D eigenvalue weighted by Crippen LogP contribution is 2.38. The second kappa shape index (κ2) is 6.42. The third kappa shape index (κ3) is 2.93. The molecule has 2 aliphatic rings. The van der Waals surface area contributed by atoms with Crippen LogP contribution in [0.2, 0.25) is 0 Å². The molecule has 1 saturated carbocycles. The second-order valence-corrected chi connectivity index (χ2v) is 7.09. The standard InChI is InChI=1S/C18H22N4O2.ClH/c1-11-5-3-6-14(12(11)2)22-10-13(9-15(22)23)16-20-17(21-24-16)18(19)7-4-8-18;/h3,5-6,13H,4,7-10,19H2,1-2H3;1H. The maximum atomic E-state index is 12.5. The molecule has 0 radical (unpaired) electrons. The molecule has 1 amide bonds. The third-order valence-corrected chi connectivity index (χ3v) is 5.47. The lowest BCUT2D eigenvalue weighted by molar-refractivity contribution is -0.117. The quantitative estimate of drug-likeness (QED) is 0.907. The fraction of sp³-hybridized carbons (Fsp3) is 0.500. The highest BCUT2D eigenvalue weighted by Gasteiger charge is 2.41. The molecular formula is C18H23ClN4O2. The second-order valence-electron chi connectivity index (χ2n) is 7.09. The first kappa shape index (κ1) is 17.9. The molecule has 1 atom stereocenters. The zero-order chi connectivity index (χ0) is 16.9. The van der Waals surface area contributed by atoms with Gasteiger partial charge in [0.25, 0.3) is 0 Å². The van der Waals surface area contributed by atoms with Gasteiger partial charge in [0.2, 0.25) is 11.8 Å². The first-order chi connectivity index (χ1) is 11.5. The average molecular weight is 363 g/mol. The minimum absolute atomic E-state index is 0. The molecule has 1 aromatic carbocycles. The van der Waals surface area contributed by atoms with Crippen molar-refractivity contribution in [2.45, 2.75) is 51.0 Å². The minimum atomic E-state index is -0.433. The van der Waals surface area contributed by atoms with Crippen LogP contribution >= 0.6 is 12.4 Å². The molecule has 1 unspecified atom stereocenters. The normalized spacial score (nSPS) is 21.8. The Kier molecular flexibility index (Phi) is 4.60. The van der Waals surface area contributed by atoms with Crippen molar-refractivity contribution in [3.63, 3.8) is 0 Å². The van der Waals surface area contributed by atoms with E-state index in [2.05, 4.69) is 23.1 Å². The summed E-state index contributed by atoms with van der Waals surface area (Å²) in [6.07, 6.45) is 3.28. The molecular weight excluding hydrogens is 340 g/mol.